The van der Waals surface area contributed by atoms with Crippen LogP contribution in [0.2, 0.25) is 0 Å². The number of carbonyl (C=O) groups excluding carboxylic acids is 1. The second kappa shape index (κ2) is 12.0. The van der Waals surface area contributed by atoms with E-state index in [9.17, 15) is 15.0 Å². The first-order valence-electron chi connectivity index (χ1n) is 7.74. The van der Waals surface area contributed by atoms with Crippen LogP contribution in [-0.2, 0) is 19.0 Å². The van der Waals surface area contributed by atoms with Crippen molar-refractivity contribution in [3.05, 3.63) is 10.4 Å². The zero-order chi connectivity index (χ0) is 17.8. The Kier molecular flexibility index (Phi) is 10.3. The Morgan fingerprint density at radius 2 is 1.88 bits per heavy atom. The maximum absolute atomic E-state index is 11.8. The second-order valence-electron chi connectivity index (χ2n) is 5.18. The van der Waals surface area contributed by atoms with E-state index >= 15 is 0 Å². The van der Waals surface area contributed by atoms with Crippen LogP contribution in [0, 0.1) is 0 Å². The van der Waals surface area contributed by atoms with Crippen molar-refractivity contribution < 1.29 is 29.2 Å². The lowest BCUT2D eigenvalue weighted by Gasteiger charge is -2.14. The Hall–Kier alpha value is -1.46. The Balaban J connectivity index is 2.15. The fourth-order valence-corrected chi connectivity index (χ4v) is 2.19. The Morgan fingerprint density at radius 1 is 1.21 bits per heavy atom. The van der Waals surface area contributed by atoms with Crippen molar-refractivity contribution in [3.63, 3.8) is 0 Å². The fourth-order valence-electron chi connectivity index (χ4n) is 2.19. The van der Waals surface area contributed by atoms with Crippen molar-refractivity contribution in [3.8, 4) is 0 Å². The van der Waals surface area contributed by atoms with Gasteiger partial charge in [-0.05, 0) is 5.53 Å². The summed E-state index contributed by atoms with van der Waals surface area (Å²) in [6, 6.07) is 0. The van der Waals surface area contributed by atoms with Gasteiger partial charge in [-0.3, -0.25) is 4.79 Å². The number of ether oxygens (including phenoxy) is 3. The Labute approximate surface area is 139 Å². The minimum atomic E-state index is -1.20. The molecule has 11 heteroatoms. The van der Waals surface area contributed by atoms with E-state index in [4.69, 9.17) is 25.5 Å². The minimum absolute atomic E-state index is 0.104. The molecular weight excluding hydrogens is 322 g/mol. The summed E-state index contributed by atoms with van der Waals surface area (Å²) in [4.78, 5) is 14.4. The SMILES string of the molecule is [N-]=[N+]=NC[C@H]1O[C@H](CC(=O)NCCOCCOCCN)[C@H](O)[C@@H]1O. The standard InChI is InChI=1S/C13H25N5O6/c14-1-3-22-5-6-23-4-2-16-11(19)7-9-12(20)13(21)10(24-9)8-17-18-15/h9-10,12-13,20-21H,1-8,14H2,(H,16,19)/t9-,10-,12+,13-/m1/s1. The number of hydrogen-bond acceptors (Lipinski definition) is 8. The maximum atomic E-state index is 11.8. The van der Waals surface area contributed by atoms with Gasteiger partial charge in [-0.1, -0.05) is 5.11 Å². The van der Waals surface area contributed by atoms with Gasteiger partial charge in [0.15, 0.2) is 0 Å². The van der Waals surface area contributed by atoms with Gasteiger partial charge in [-0.2, -0.15) is 0 Å². The summed E-state index contributed by atoms with van der Waals surface area (Å²) < 4.78 is 15.7. The van der Waals surface area contributed by atoms with E-state index in [1.807, 2.05) is 0 Å². The van der Waals surface area contributed by atoms with Crippen LogP contribution >= 0.6 is 0 Å². The predicted molar refractivity (Wildman–Crippen MR) is 83.0 cm³/mol. The second-order valence-corrected chi connectivity index (χ2v) is 5.18. The van der Waals surface area contributed by atoms with Gasteiger partial charge in [0, 0.05) is 18.0 Å². The van der Waals surface area contributed by atoms with Crippen LogP contribution in [0.1, 0.15) is 6.42 Å². The van der Waals surface area contributed by atoms with Crippen molar-refractivity contribution in [2.75, 3.05) is 46.1 Å². The number of rotatable bonds is 12. The molecular formula is C13H25N5O6. The van der Waals surface area contributed by atoms with E-state index in [1.165, 1.54) is 0 Å². The third-order valence-corrected chi connectivity index (χ3v) is 3.38. The van der Waals surface area contributed by atoms with Crippen molar-refractivity contribution in [2.45, 2.75) is 30.8 Å². The lowest BCUT2D eigenvalue weighted by Crippen LogP contribution is -2.36. The monoisotopic (exact) mass is 347 g/mol. The molecule has 4 atom stereocenters. The van der Waals surface area contributed by atoms with Crippen molar-refractivity contribution >= 4 is 5.91 Å². The molecule has 1 amide bonds. The van der Waals surface area contributed by atoms with Gasteiger partial charge in [0.2, 0.25) is 5.91 Å². The predicted octanol–water partition coefficient (Wildman–Crippen LogP) is -1.72. The van der Waals surface area contributed by atoms with E-state index in [0.717, 1.165) is 0 Å². The number of aliphatic hydroxyl groups excluding tert-OH is 2. The summed E-state index contributed by atoms with van der Waals surface area (Å²) in [7, 11) is 0. The molecule has 0 unspecified atom stereocenters. The van der Waals surface area contributed by atoms with E-state index in [2.05, 4.69) is 15.3 Å². The smallest absolute Gasteiger partial charge is 0.222 e. The van der Waals surface area contributed by atoms with Crippen LogP contribution in [0.5, 0.6) is 0 Å². The third-order valence-electron chi connectivity index (χ3n) is 3.38. The molecule has 5 N–H and O–H groups in total. The molecule has 1 aliphatic rings. The molecule has 0 aromatic carbocycles. The number of carbonyl (C=O) groups is 1. The van der Waals surface area contributed by atoms with E-state index < -0.39 is 24.4 Å². The number of hydrogen-bond donors (Lipinski definition) is 4. The highest BCUT2D eigenvalue weighted by molar-refractivity contribution is 5.76. The average Bonchev–Trinajstić information content (AvgIpc) is 2.83. The topological polar surface area (TPSA) is 172 Å². The number of nitrogens with one attached hydrogen (secondary N) is 1. The zero-order valence-electron chi connectivity index (χ0n) is 13.4. The first-order chi connectivity index (χ1) is 11.6. The van der Waals surface area contributed by atoms with Crippen molar-refractivity contribution in [1.82, 2.24) is 5.32 Å². The molecule has 1 rings (SSSR count). The molecule has 0 aliphatic carbocycles. The lowest BCUT2D eigenvalue weighted by molar-refractivity contribution is -0.125. The van der Waals surface area contributed by atoms with Gasteiger partial charge in [0.1, 0.15) is 12.2 Å². The van der Waals surface area contributed by atoms with Gasteiger partial charge >= 0.3 is 0 Å². The van der Waals surface area contributed by atoms with Crippen molar-refractivity contribution in [1.29, 1.82) is 0 Å². The third kappa shape index (κ3) is 7.41. The number of amides is 1. The Morgan fingerprint density at radius 3 is 2.54 bits per heavy atom. The molecule has 0 radical (unpaired) electrons. The normalized spacial score (nSPS) is 26.1. The molecule has 0 aromatic heterocycles. The quantitative estimate of drug-likeness (QED) is 0.141. The van der Waals surface area contributed by atoms with Crippen LogP contribution in [0.15, 0.2) is 5.11 Å². The van der Waals surface area contributed by atoms with Gasteiger partial charge in [-0.15, -0.1) is 0 Å². The van der Waals surface area contributed by atoms with Gasteiger partial charge in [0.05, 0.1) is 51.6 Å². The summed E-state index contributed by atoms with van der Waals surface area (Å²) in [5, 5.41) is 25.5. The first kappa shape index (κ1) is 20.6. The molecule has 1 aliphatic heterocycles. The molecule has 0 aromatic rings. The number of azide groups is 1. The van der Waals surface area contributed by atoms with Gasteiger partial charge < -0.3 is 35.5 Å². The van der Waals surface area contributed by atoms with E-state index in [0.29, 0.717) is 39.5 Å². The van der Waals surface area contributed by atoms with E-state index in [1.54, 1.807) is 0 Å². The fraction of sp³-hybridized carbons (Fsp3) is 0.923. The first-order valence-corrected chi connectivity index (χ1v) is 7.74. The summed E-state index contributed by atoms with van der Waals surface area (Å²) in [5.74, 6) is -0.335. The molecule has 24 heavy (non-hydrogen) atoms. The molecule has 0 saturated carbocycles. The average molecular weight is 347 g/mol. The molecule has 1 heterocycles. The summed E-state index contributed by atoms with van der Waals surface area (Å²) in [5.41, 5.74) is 13.5. The lowest BCUT2D eigenvalue weighted by atomic mass is 10.1. The number of nitrogens with two attached hydrogens (primary N) is 1. The minimum Gasteiger partial charge on any atom is -0.388 e. The molecule has 11 nitrogen and oxygen atoms in total. The molecule has 1 saturated heterocycles. The highest BCUT2D eigenvalue weighted by Gasteiger charge is 2.42. The molecule has 1 fully saturated rings. The van der Waals surface area contributed by atoms with Crippen LogP contribution < -0.4 is 11.1 Å². The highest BCUT2D eigenvalue weighted by Crippen LogP contribution is 2.23. The van der Waals surface area contributed by atoms with Gasteiger partial charge in [0.25, 0.3) is 0 Å². The maximum Gasteiger partial charge on any atom is 0.222 e. The molecule has 138 valence electrons. The van der Waals surface area contributed by atoms with Crippen LogP contribution in [0.4, 0.5) is 0 Å². The number of aliphatic hydroxyl groups is 2. The molecule has 0 bridgehead atoms. The summed E-state index contributed by atoms with van der Waals surface area (Å²) in [6.07, 6.45) is -4.16. The largest absolute Gasteiger partial charge is 0.388 e. The Bertz CT molecular complexity index is 420. The summed E-state index contributed by atoms with van der Waals surface area (Å²) >= 11 is 0. The van der Waals surface area contributed by atoms with E-state index in [-0.39, 0.29) is 18.9 Å². The molecule has 0 spiro atoms. The van der Waals surface area contributed by atoms with Crippen LogP contribution in [0.3, 0.4) is 0 Å². The van der Waals surface area contributed by atoms with Crippen LogP contribution in [0.25, 0.3) is 10.4 Å². The number of nitrogens with zero attached hydrogens (tertiary/aromatic N) is 3. The summed E-state index contributed by atoms with van der Waals surface area (Å²) in [6.45, 7) is 2.33. The highest BCUT2D eigenvalue weighted by atomic mass is 16.5. The van der Waals surface area contributed by atoms with Crippen LogP contribution in [-0.4, -0.2) is 86.6 Å². The van der Waals surface area contributed by atoms with Crippen molar-refractivity contribution in [2.24, 2.45) is 10.8 Å². The van der Waals surface area contributed by atoms with Gasteiger partial charge in [-0.25, -0.2) is 0 Å². The zero-order valence-corrected chi connectivity index (χ0v) is 13.4.